The van der Waals surface area contributed by atoms with Gasteiger partial charge in [-0.25, -0.2) is 9.97 Å². The van der Waals surface area contributed by atoms with E-state index in [0.29, 0.717) is 36.4 Å². The number of amides is 1. The Bertz CT molecular complexity index is 1080. The van der Waals surface area contributed by atoms with Crippen molar-refractivity contribution < 1.29 is 9.53 Å². The Morgan fingerprint density at radius 2 is 1.89 bits per heavy atom. The lowest BCUT2D eigenvalue weighted by molar-refractivity contribution is -0.116. The van der Waals surface area contributed by atoms with Crippen LogP contribution in [0.5, 0.6) is 5.75 Å². The summed E-state index contributed by atoms with van der Waals surface area (Å²) in [5.74, 6) is 0.571. The van der Waals surface area contributed by atoms with Crippen LogP contribution in [0.1, 0.15) is 23.1 Å². The van der Waals surface area contributed by atoms with Gasteiger partial charge in [-0.15, -0.1) is 0 Å². The van der Waals surface area contributed by atoms with Crippen LogP contribution in [0.25, 0.3) is 11.1 Å². The smallest absolute Gasteiger partial charge is 0.253 e. The molecule has 0 bridgehead atoms. The molecule has 0 saturated carbocycles. The molecule has 0 unspecified atom stereocenters. The molecule has 0 fully saturated rings. The quantitative estimate of drug-likeness (QED) is 0.756. The van der Waals surface area contributed by atoms with E-state index in [-0.39, 0.29) is 11.5 Å². The number of fused-ring (bicyclic) bond motifs is 1. The fourth-order valence-electron chi connectivity index (χ4n) is 3.34. The van der Waals surface area contributed by atoms with E-state index in [4.69, 9.17) is 4.74 Å². The lowest BCUT2D eigenvalue weighted by atomic mass is 9.96. The highest BCUT2D eigenvalue weighted by Gasteiger charge is 2.21. The first-order valence-corrected chi connectivity index (χ1v) is 9.02. The number of carbonyl (C=O) groups is 1. The zero-order chi connectivity index (χ0) is 19.7. The molecule has 2 aromatic heterocycles. The summed E-state index contributed by atoms with van der Waals surface area (Å²) in [7, 11) is 1.74. The van der Waals surface area contributed by atoms with Gasteiger partial charge in [-0.1, -0.05) is 0 Å². The molecular formula is C21H20N4O3. The van der Waals surface area contributed by atoms with Crippen LogP contribution in [-0.4, -0.2) is 20.4 Å². The van der Waals surface area contributed by atoms with Crippen LogP contribution < -0.4 is 15.6 Å². The van der Waals surface area contributed by atoms with Crippen molar-refractivity contribution in [2.24, 2.45) is 7.05 Å². The standard InChI is InChI=1S/C21H20N4O3/c1-13-5-17(10-25(2)21(13)27)16-6-15-3-4-19(26)24-20(15)18(7-16)28-11-14-8-22-12-23-9-14/h5-10,12H,3-4,11H2,1-2H3,(H,24,26). The van der Waals surface area contributed by atoms with Crippen LogP contribution >= 0.6 is 0 Å². The second-order valence-corrected chi connectivity index (χ2v) is 6.92. The molecule has 1 aliphatic rings. The average molecular weight is 376 g/mol. The highest BCUT2D eigenvalue weighted by atomic mass is 16.5. The second kappa shape index (κ2) is 7.26. The lowest BCUT2D eigenvalue weighted by Gasteiger charge is -2.22. The van der Waals surface area contributed by atoms with Crippen LogP contribution in [0, 0.1) is 6.92 Å². The zero-order valence-corrected chi connectivity index (χ0v) is 15.7. The van der Waals surface area contributed by atoms with Crippen LogP contribution in [-0.2, 0) is 24.9 Å². The van der Waals surface area contributed by atoms with E-state index in [9.17, 15) is 9.59 Å². The van der Waals surface area contributed by atoms with Gasteiger partial charge in [0.25, 0.3) is 5.56 Å². The summed E-state index contributed by atoms with van der Waals surface area (Å²) in [6, 6.07) is 5.82. The van der Waals surface area contributed by atoms with Crippen molar-refractivity contribution in [3.63, 3.8) is 0 Å². The number of rotatable bonds is 4. The molecule has 0 atom stereocenters. The van der Waals surface area contributed by atoms with Gasteiger partial charge in [-0.05, 0) is 48.2 Å². The van der Waals surface area contributed by atoms with E-state index < -0.39 is 0 Å². The van der Waals surface area contributed by atoms with E-state index >= 15 is 0 Å². The van der Waals surface area contributed by atoms with E-state index in [1.165, 1.54) is 6.33 Å². The maximum atomic E-state index is 12.0. The number of hydrogen-bond acceptors (Lipinski definition) is 5. The van der Waals surface area contributed by atoms with Crippen molar-refractivity contribution in [1.82, 2.24) is 14.5 Å². The highest BCUT2D eigenvalue weighted by Crippen LogP contribution is 2.37. The normalized spacial score (nSPS) is 13.0. The predicted octanol–water partition coefficient (Wildman–Crippen LogP) is 2.61. The van der Waals surface area contributed by atoms with Gasteiger partial charge in [0.2, 0.25) is 5.91 Å². The van der Waals surface area contributed by atoms with Crippen molar-refractivity contribution in [3.05, 3.63) is 70.2 Å². The molecule has 0 saturated heterocycles. The van der Waals surface area contributed by atoms with E-state index in [1.807, 2.05) is 24.4 Å². The lowest BCUT2D eigenvalue weighted by Crippen LogP contribution is -2.20. The molecule has 4 rings (SSSR count). The molecule has 7 heteroatoms. The van der Waals surface area contributed by atoms with Crippen molar-refractivity contribution in [2.75, 3.05) is 5.32 Å². The van der Waals surface area contributed by atoms with E-state index in [0.717, 1.165) is 22.3 Å². The number of aryl methyl sites for hydroxylation is 3. The number of aromatic nitrogens is 3. The van der Waals surface area contributed by atoms with Crippen LogP contribution in [0.2, 0.25) is 0 Å². The number of benzene rings is 1. The molecule has 1 aliphatic heterocycles. The van der Waals surface area contributed by atoms with Crippen molar-refractivity contribution in [2.45, 2.75) is 26.4 Å². The maximum absolute atomic E-state index is 12.0. The molecule has 3 aromatic rings. The number of anilines is 1. The molecule has 1 amide bonds. The second-order valence-electron chi connectivity index (χ2n) is 6.92. The summed E-state index contributed by atoms with van der Waals surface area (Å²) in [6.45, 7) is 2.09. The third-order valence-corrected chi connectivity index (χ3v) is 4.77. The summed E-state index contributed by atoms with van der Waals surface area (Å²) in [4.78, 5) is 31.9. The van der Waals surface area contributed by atoms with Gasteiger partial charge in [0.15, 0.2) is 0 Å². The fourth-order valence-corrected chi connectivity index (χ4v) is 3.34. The average Bonchev–Trinajstić information content (AvgIpc) is 2.70. The van der Waals surface area contributed by atoms with Crippen LogP contribution in [0.15, 0.2) is 47.9 Å². The SMILES string of the molecule is Cc1cc(-c2cc3c(c(OCc4cncnc4)c2)NC(=O)CC3)cn(C)c1=O. The first-order valence-electron chi connectivity index (χ1n) is 9.02. The first-order chi connectivity index (χ1) is 13.5. The minimum absolute atomic E-state index is 0.0190. The number of carbonyl (C=O) groups excluding carboxylic acids is 1. The van der Waals surface area contributed by atoms with Gasteiger partial charge in [-0.2, -0.15) is 0 Å². The number of ether oxygens (including phenoxy) is 1. The number of nitrogens with one attached hydrogen (secondary N) is 1. The molecule has 3 heterocycles. The summed E-state index contributed by atoms with van der Waals surface area (Å²) >= 11 is 0. The van der Waals surface area contributed by atoms with E-state index in [1.54, 1.807) is 30.9 Å². The van der Waals surface area contributed by atoms with Gasteiger partial charge in [0.1, 0.15) is 18.7 Å². The van der Waals surface area contributed by atoms with Crippen LogP contribution in [0.3, 0.4) is 0 Å². The van der Waals surface area contributed by atoms with Crippen molar-refractivity contribution >= 4 is 11.6 Å². The van der Waals surface area contributed by atoms with Crippen molar-refractivity contribution in [1.29, 1.82) is 0 Å². The van der Waals surface area contributed by atoms with Gasteiger partial charge in [0, 0.05) is 43.2 Å². The monoisotopic (exact) mass is 376 g/mol. The number of hydrogen-bond donors (Lipinski definition) is 1. The molecule has 7 nitrogen and oxygen atoms in total. The molecule has 1 N–H and O–H groups in total. The predicted molar refractivity (Wildman–Crippen MR) is 105 cm³/mol. The van der Waals surface area contributed by atoms with Gasteiger partial charge in [0.05, 0.1) is 5.69 Å². The Hall–Kier alpha value is -3.48. The summed E-state index contributed by atoms with van der Waals surface area (Å²) in [5.41, 5.74) is 5.08. The Morgan fingerprint density at radius 1 is 1.11 bits per heavy atom. The van der Waals surface area contributed by atoms with E-state index in [2.05, 4.69) is 15.3 Å². The Morgan fingerprint density at radius 3 is 2.64 bits per heavy atom. The molecule has 28 heavy (non-hydrogen) atoms. The fraction of sp³-hybridized carbons (Fsp3) is 0.238. The summed E-state index contributed by atoms with van der Waals surface area (Å²) < 4.78 is 7.60. The third kappa shape index (κ3) is 3.51. The topological polar surface area (TPSA) is 86.1 Å². The zero-order valence-electron chi connectivity index (χ0n) is 15.7. The number of nitrogens with zero attached hydrogens (tertiary/aromatic N) is 3. The molecule has 0 spiro atoms. The Kier molecular flexibility index (Phi) is 4.65. The van der Waals surface area contributed by atoms with Gasteiger partial charge >= 0.3 is 0 Å². The largest absolute Gasteiger partial charge is 0.487 e. The summed E-state index contributed by atoms with van der Waals surface area (Å²) in [5, 5.41) is 2.92. The number of pyridine rings is 1. The minimum Gasteiger partial charge on any atom is -0.487 e. The van der Waals surface area contributed by atoms with Gasteiger partial charge in [-0.3, -0.25) is 9.59 Å². The minimum atomic E-state index is -0.0221. The maximum Gasteiger partial charge on any atom is 0.253 e. The Labute approximate surface area is 162 Å². The molecule has 142 valence electrons. The molecule has 0 aliphatic carbocycles. The third-order valence-electron chi connectivity index (χ3n) is 4.77. The van der Waals surface area contributed by atoms with Crippen molar-refractivity contribution in [3.8, 4) is 16.9 Å². The Balaban J connectivity index is 1.76. The first kappa shape index (κ1) is 17.9. The summed E-state index contributed by atoms with van der Waals surface area (Å²) in [6.07, 6.45) is 7.75. The van der Waals surface area contributed by atoms with Crippen LogP contribution in [0.4, 0.5) is 5.69 Å². The molecule has 0 radical (unpaired) electrons. The van der Waals surface area contributed by atoms with Gasteiger partial charge < -0.3 is 14.6 Å². The highest BCUT2D eigenvalue weighted by molar-refractivity contribution is 5.96. The molecule has 1 aromatic carbocycles. The molecular weight excluding hydrogens is 356 g/mol.